The smallest absolute Gasteiger partial charge is 0.165 e. The van der Waals surface area contributed by atoms with Crippen LogP contribution in [0.2, 0.25) is 0 Å². The standard InChI is InChI=1S/C11H14BrNO/c1-6-9-7(10(12)13-6)4-11(2,3)5-8(9)14/h13H,4-5H2,1-3H3. The van der Waals surface area contributed by atoms with Gasteiger partial charge in [0.15, 0.2) is 5.78 Å². The number of carbonyl (C=O) groups is 1. The average molecular weight is 256 g/mol. The van der Waals surface area contributed by atoms with Crippen LogP contribution in [0, 0.1) is 12.3 Å². The number of aromatic nitrogens is 1. The Morgan fingerprint density at radius 2 is 2.00 bits per heavy atom. The van der Waals surface area contributed by atoms with E-state index < -0.39 is 0 Å². The van der Waals surface area contributed by atoms with Crippen LogP contribution in [-0.4, -0.2) is 10.8 Å². The van der Waals surface area contributed by atoms with Crippen LogP contribution in [0.25, 0.3) is 0 Å². The fourth-order valence-corrected chi connectivity index (χ4v) is 2.88. The first-order valence-electron chi connectivity index (χ1n) is 4.81. The third-order valence-electron chi connectivity index (χ3n) is 2.81. The molecule has 1 aromatic rings. The minimum absolute atomic E-state index is 0.0984. The van der Waals surface area contributed by atoms with Crippen molar-refractivity contribution < 1.29 is 4.79 Å². The van der Waals surface area contributed by atoms with Gasteiger partial charge in [-0.15, -0.1) is 0 Å². The van der Waals surface area contributed by atoms with Gasteiger partial charge >= 0.3 is 0 Å². The van der Waals surface area contributed by atoms with Crippen LogP contribution in [0.4, 0.5) is 0 Å². The SMILES string of the molecule is Cc1[nH]c(Br)c2c1C(=O)CC(C)(C)C2. The van der Waals surface area contributed by atoms with Crippen LogP contribution in [0.15, 0.2) is 4.60 Å². The molecule has 3 heteroatoms. The maximum atomic E-state index is 11.9. The zero-order chi connectivity index (χ0) is 10.5. The number of hydrogen-bond acceptors (Lipinski definition) is 1. The van der Waals surface area contributed by atoms with E-state index in [1.807, 2.05) is 6.92 Å². The van der Waals surface area contributed by atoms with Crippen LogP contribution in [0.3, 0.4) is 0 Å². The summed E-state index contributed by atoms with van der Waals surface area (Å²) >= 11 is 3.47. The number of halogens is 1. The molecule has 2 rings (SSSR count). The number of fused-ring (bicyclic) bond motifs is 1. The normalized spacial score (nSPS) is 19.6. The lowest BCUT2D eigenvalue weighted by atomic mass is 9.74. The van der Waals surface area contributed by atoms with Gasteiger partial charge in [0.1, 0.15) is 0 Å². The second kappa shape index (κ2) is 2.96. The molecule has 0 atom stereocenters. The van der Waals surface area contributed by atoms with Gasteiger partial charge in [-0.2, -0.15) is 0 Å². The molecule has 76 valence electrons. The molecule has 0 unspecified atom stereocenters. The molecule has 1 N–H and O–H groups in total. The van der Waals surface area contributed by atoms with Gasteiger partial charge in [-0.1, -0.05) is 13.8 Å². The Balaban J connectivity index is 2.58. The first-order valence-corrected chi connectivity index (χ1v) is 5.60. The molecule has 2 nitrogen and oxygen atoms in total. The molecule has 0 radical (unpaired) electrons. The van der Waals surface area contributed by atoms with Crippen molar-refractivity contribution in [3.63, 3.8) is 0 Å². The van der Waals surface area contributed by atoms with Gasteiger partial charge in [0.05, 0.1) is 4.60 Å². The fraction of sp³-hybridized carbons (Fsp3) is 0.545. The maximum Gasteiger partial charge on any atom is 0.165 e. The van der Waals surface area contributed by atoms with E-state index >= 15 is 0 Å². The predicted molar refractivity (Wildman–Crippen MR) is 59.7 cm³/mol. The quantitative estimate of drug-likeness (QED) is 0.759. The summed E-state index contributed by atoms with van der Waals surface area (Å²) < 4.78 is 0.978. The number of hydrogen-bond donors (Lipinski definition) is 1. The Kier molecular flexibility index (Phi) is 2.11. The van der Waals surface area contributed by atoms with E-state index in [1.165, 1.54) is 0 Å². The van der Waals surface area contributed by atoms with E-state index in [9.17, 15) is 4.79 Å². The lowest BCUT2D eigenvalue weighted by Crippen LogP contribution is -2.26. The summed E-state index contributed by atoms with van der Waals surface area (Å²) in [6.07, 6.45) is 1.63. The molecule has 1 aromatic heterocycles. The van der Waals surface area contributed by atoms with E-state index in [4.69, 9.17) is 0 Å². The van der Waals surface area contributed by atoms with Gasteiger partial charge in [0.25, 0.3) is 0 Å². The zero-order valence-electron chi connectivity index (χ0n) is 8.70. The van der Waals surface area contributed by atoms with Crippen molar-refractivity contribution >= 4 is 21.7 Å². The molecule has 0 saturated carbocycles. The summed E-state index contributed by atoms with van der Waals surface area (Å²) in [7, 11) is 0. The van der Waals surface area contributed by atoms with Crippen LogP contribution < -0.4 is 0 Å². The minimum Gasteiger partial charge on any atom is -0.353 e. The summed E-state index contributed by atoms with van der Waals surface area (Å²) in [5.41, 5.74) is 3.16. The molecule has 14 heavy (non-hydrogen) atoms. The molecule has 1 aliphatic carbocycles. The lowest BCUT2D eigenvalue weighted by molar-refractivity contribution is 0.0912. The van der Waals surface area contributed by atoms with Crippen LogP contribution in [0.5, 0.6) is 0 Å². The summed E-state index contributed by atoms with van der Waals surface area (Å²) in [5, 5.41) is 0. The van der Waals surface area contributed by atoms with E-state index in [0.717, 1.165) is 27.8 Å². The van der Waals surface area contributed by atoms with E-state index in [0.29, 0.717) is 6.42 Å². The summed E-state index contributed by atoms with van der Waals surface area (Å²) in [4.78, 5) is 15.1. The Bertz CT molecular complexity index is 404. The number of rotatable bonds is 0. The van der Waals surface area contributed by atoms with Gasteiger partial charge in [-0.05, 0) is 40.3 Å². The third kappa shape index (κ3) is 1.44. The van der Waals surface area contributed by atoms with E-state index in [2.05, 4.69) is 34.8 Å². The van der Waals surface area contributed by atoms with Gasteiger partial charge in [-0.25, -0.2) is 0 Å². The van der Waals surface area contributed by atoms with Crippen LogP contribution in [-0.2, 0) is 6.42 Å². The molecule has 0 fully saturated rings. The molecule has 0 bridgehead atoms. The third-order valence-corrected chi connectivity index (χ3v) is 3.49. The lowest BCUT2D eigenvalue weighted by Gasteiger charge is -2.28. The highest BCUT2D eigenvalue weighted by Gasteiger charge is 2.34. The van der Waals surface area contributed by atoms with Crippen molar-refractivity contribution in [2.75, 3.05) is 0 Å². The van der Waals surface area contributed by atoms with E-state index in [-0.39, 0.29) is 11.2 Å². The molecule has 0 aliphatic heterocycles. The van der Waals surface area contributed by atoms with Crippen molar-refractivity contribution in [3.8, 4) is 0 Å². The van der Waals surface area contributed by atoms with Crippen molar-refractivity contribution in [2.45, 2.75) is 33.6 Å². The molecule has 0 amide bonds. The van der Waals surface area contributed by atoms with Crippen LogP contribution in [0.1, 0.15) is 41.9 Å². The number of H-pyrrole nitrogens is 1. The molecule has 1 aliphatic rings. The second-order valence-electron chi connectivity index (χ2n) is 4.86. The molecule has 1 heterocycles. The van der Waals surface area contributed by atoms with Crippen molar-refractivity contribution in [1.82, 2.24) is 4.98 Å². The topological polar surface area (TPSA) is 32.9 Å². The van der Waals surface area contributed by atoms with Gasteiger partial charge in [-0.3, -0.25) is 4.79 Å². The van der Waals surface area contributed by atoms with Crippen molar-refractivity contribution in [1.29, 1.82) is 0 Å². The Morgan fingerprint density at radius 1 is 1.36 bits per heavy atom. The first-order chi connectivity index (χ1) is 6.41. The van der Waals surface area contributed by atoms with Crippen LogP contribution >= 0.6 is 15.9 Å². The molecule has 0 aromatic carbocycles. The predicted octanol–water partition coefficient (Wildman–Crippen LogP) is 3.24. The van der Waals surface area contributed by atoms with Crippen molar-refractivity contribution in [2.24, 2.45) is 5.41 Å². The van der Waals surface area contributed by atoms with E-state index in [1.54, 1.807) is 0 Å². The Labute approximate surface area is 92.2 Å². The fourth-order valence-electron chi connectivity index (χ4n) is 2.25. The molecular formula is C11H14BrNO. The Hall–Kier alpha value is -0.570. The maximum absolute atomic E-state index is 11.9. The summed E-state index contributed by atoms with van der Waals surface area (Å²) in [6, 6.07) is 0. The number of aryl methyl sites for hydroxylation is 1. The highest BCUT2D eigenvalue weighted by atomic mass is 79.9. The molecule has 0 spiro atoms. The largest absolute Gasteiger partial charge is 0.353 e. The Morgan fingerprint density at radius 3 is 2.64 bits per heavy atom. The number of aromatic amines is 1. The molecular weight excluding hydrogens is 242 g/mol. The zero-order valence-corrected chi connectivity index (χ0v) is 10.3. The second-order valence-corrected chi connectivity index (χ2v) is 5.65. The summed E-state index contributed by atoms with van der Waals surface area (Å²) in [6.45, 7) is 6.24. The highest BCUT2D eigenvalue weighted by molar-refractivity contribution is 9.10. The average Bonchev–Trinajstić information content (AvgIpc) is 2.24. The molecule has 0 saturated heterocycles. The number of nitrogens with one attached hydrogen (secondary N) is 1. The van der Waals surface area contributed by atoms with Gasteiger partial charge in [0, 0.05) is 17.7 Å². The number of ketones is 1. The van der Waals surface area contributed by atoms with Crippen molar-refractivity contribution in [3.05, 3.63) is 21.4 Å². The van der Waals surface area contributed by atoms with Gasteiger partial charge in [0.2, 0.25) is 0 Å². The summed E-state index contributed by atoms with van der Waals surface area (Å²) in [5.74, 6) is 0.274. The van der Waals surface area contributed by atoms with Gasteiger partial charge < -0.3 is 4.98 Å². The number of Topliss-reactive ketones (excluding diaryl/α,β-unsaturated/α-hetero) is 1. The monoisotopic (exact) mass is 255 g/mol. The number of carbonyl (C=O) groups excluding carboxylic acids is 1. The first kappa shape index (κ1) is 9.97. The minimum atomic E-state index is 0.0984. The highest BCUT2D eigenvalue weighted by Crippen LogP contribution is 2.39.